The minimum atomic E-state index is 1.01. The number of anilines is 6. The van der Waals surface area contributed by atoms with Crippen molar-refractivity contribution in [1.29, 1.82) is 0 Å². The van der Waals surface area contributed by atoms with Gasteiger partial charge in [0.2, 0.25) is 0 Å². The van der Waals surface area contributed by atoms with Crippen LogP contribution in [0.3, 0.4) is 0 Å². The van der Waals surface area contributed by atoms with E-state index in [-0.39, 0.29) is 0 Å². The fraction of sp³-hybridized carbons (Fsp3) is 0.100. The number of para-hydroxylation sites is 6. The first-order valence-corrected chi connectivity index (χ1v) is 22.9. The number of aryl methyl sites for hydroxylation is 2. The number of nitrogens with zero attached hydrogens (tertiary/aromatic N) is 4. The van der Waals surface area contributed by atoms with Crippen LogP contribution in [0.25, 0.3) is 76.2 Å². The van der Waals surface area contributed by atoms with Gasteiger partial charge in [-0.15, -0.1) is 0 Å². The third-order valence-electron chi connectivity index (χ3n) is 13.7. The molecule has 0 unspecified atom stereocenters. The van der Waals surface area contributed by atoms with Crippen molar-refractivity contribution in [2.45, 2.75) is 39.5 Å². The lowest BCUT2D eigenvalue weighted by molar-refractivity contribution is 0.926. The highest BCUT2D eigenvalue weighted by Gasteiger charge is 2.29. The lowest BCUT2D eigenvalue weighted by Crippen LogP contribution is -2.10. The van der Waals surface area contributed by atoms with Gasteiger partial charge in [-0.3, -0.25) is 0 Å². The molecule has 0 saturated carbocycles. The highest BCUT2D eigenvalue weighted by Crippen LogP contribution is 2.52. The monoisotopic (exact) mass is 822 g/mol. The first kappa shape index (κ1) is 36.8. The van der Waals surface area contributed by atoms with E-state index in [1.807, 2.05) is 0 Å². The Balaban J connectivity index is 1.17. The number of hydrogen-bond acceptors (Lipinski definition) is 2. The zero-order chi connectivity index (χ0) is 42.5. The molecular weight excluding hydrogens is 777 g/mol. The van der Waals surface area contributed by atoms with Gasteiger partial charge in [0.05, 0.1) is 44.5 Å². The van der Waals surface area contributed by atoms with Crippen molar-refractivity contribution in [2.24, 2.45) is 0 Å². The molecule has 4 aromatic heterocycles. The smallest absolute Gasteiger partial charge is 0.0641 e. The molecule has 0 amide bonds. The predicted octanol–water partition coefficient (Wildman–Crippen LogP) is 16.8. The second-order valence-electron chi connectivity index (χ2n) is 17.4. The fourth-order valence-corrected chi connectivity index (χ4v) is 11.3. The summed E-state index contributed by atoms with van der Waals surface area (Å²) in [6.45, 7) is 4.60. The number of benzene rings is 9. The number of hydrogen-bond donors (Lipinski definition) is 0. The average Bonchev–Trinajstić information content (AvgIpc) is 4.07. The molecular formula is C60H46N4. The Bertz CT molecular complexity index is 3510. The molecule has 0 spiro atoms. The molecule has 4 heterocycles. The van der Waals surface area contributed by atoms with E-state index < -0.39 is 0 Å². The van der Waals surface area contributed by atoms with Gasteiger partial charge >= 0.3 is 0 Å². The summed E-state index contributed by atoms with van der Waals surface area (Å²) >= 11 is 0. The molecule has 0 N–H and O–H groups in total. The Morgan fingerprint density at radius 2 is 0.688 bits per heavy atom. The molecule has 0 aliphatic heterocycles. The molecule has 306 valence electrons. The second-order valence-corrected chi connectivity index (χ2v) is 17.4. The summed E-state index contributed by atoms with van der Waals surface area (Å²) in [7, 11) is 0. The first-order chi connectivity index (χ1) is 31.7. The van der Waals surface area contributed by atoms with E-state index in [4.69, 9.17) is 0 Å². The molecule has 0 fully saturated rings. The number of aromatic nitrogens is 2. The van der Waals surface area contributed by atoms with Crippen molar-refractivity contribution in [1.82, 2.24) is 8.80 Å². The fourth-order valence-electron chi connectivity index (χ4n) is 11.3. The Morgan fingerprint density at radius 3 is 1.03 bits per heavy atom. The topological polar surface area (TPSA) is 15.3 Å². The summed E-state index contributed by atoms with van der Waals surface area (Å²) in [5, 5.41) is 10.3. The average molecular weight is 823 g/mol. The molecule has 0 saturated heterocycles. The van der Waals surface area contributed by atoms with Crippen LogP contribution in [-0.2, 0) is 12.8 Å². The predicted molar refractivity (Wildman–Crippen MR) is 273 cm³/mol. The number of fused-ring (bicyclic) bond motifs is 12. The van der Waals surface area contributed by atoms with Crippen LogP contribution in [0, 0.1) is 0 Å². The minimum Gasteiger partial charge on any atom is -0.310 e. The zero-order valence-corrected chi connectivity index (χ0v) is 36.1. The maximum absolute atomic E-state index is 2.63. The lowest BCUT2D eigenvalue weighted by atomic mass is 10.00. The van der Waals surface area contributed by atoms with Crippen molar-refractivity contribution in [3.63, 3.8) is 0 Å². The van der Waals surface area contributed by atoms with E-state index >= 15 is 0 Å². The second kappa shape index (κ2) is 14.4. The van der Waals surface area contributed by atoms with Gasteiger partial charge in [0.1, 0.15) is 0 Å². The van der Waals surface area contributed by atoms with Crippen molar-refractivity contribution < 1.29 is 0 Å². The molecule has 64 heavy (non-hydrogen) atoms. The van der Waals surface area contributed by atoms with Gasteiger partial charge in [-0.1, -0.05) is 148 Å². The summed E-state index contributed by atoms with van der Waals surface area (Å²) in [4.78, 5) is 4.89. The van der Waals surface area contributed by atoms with Crippen molar-refractivity contribution in [2.75, 3.05) is 9.80 Å². The van der Waals surface area contributed by atoms with Crippen LogP contribution in [0.2, 0.25) is 0 Å². The van der Waals surface area contributed by atoms with Crippen LogP contribution in [0.5, 0.6) is 0 Å². The summed E-state index contributed by atoms with van der Waals surface area (Å²) in [6.07, 6.45) is 4.18. The molecule has 13 rings (SSSR count). The van der Waals surface area contributed by atoms with Crippen LogP contribution in [0.4, 0.5) is 34.1 Å². The lowest BCUT2D eigenvalue weighted by Gasteiger charge is -2.26. The van der Waals surface area contributed by atoms with Gasteiger partial charge in [0, 0.05) is 65.8 Å². The molecule has 0 bridgehead atoms. The van der Waals surface area contributed by atoms with Crippen molar-refractivity contribution >= 4 is 110 Å². The Labute approximate surface area is 372 Å². The highest BCUT2D eigenvalue weighted by atomic mass is 15.2. The van der Waals surface area contributed by atoms with Crippen LogP contribution in [-0.4, -0.2) is 8.80 Å². The zero-order valence-electron chi connectivity index (χ0n) is 36.1. The maximum Gasteiger partial charge on any atom is 0.0641 e. The van der Waals surface area contributed by atoms with Crippen molar-refractivity contribution in [3.8, 4) is 0 Å². The molecule has 0 atom stereocenters. The Kier molecular flexibility index (Phi) is 8.26. The largest absolute Gasteiger partial charge is 0.310 e. The maximum atomic E-state index is 2.63. The van der Waals surface area contributed by atoms with E-state index in [0.29, 0.717) is 0 Å². The first-order valence-electron chi connectivity index (χ1n) is 22.9. The summed E-state index contributed by atoms with van der Waals surface area (Å²) in [5.41, 5.74) is 17.5. The van der Waals surface area contributed by atoms with E-state index in [1.54, 1.807) is 0 Å². The molecule has 0 aliphatic rings. The quantitative estimate of drug-likeness (QED) is 0.137. The van der Waals surface area contributed by atoms with E-state index in [2.05, 4.69) is 227 Å². The molecule has 0 aliphatic carbocycles. The Morgan fingerprint density at radius 1 is 0.328 bits per heavy atom. The van der Waals surface area contributed by atoms with Gasteiger partial charge in [-0.2, -0.15) is 0 Å². The number of rotatable bonds is 10. The molecule has 0 radical (unpaired) electrons. The van der Waals surface area contributed by atoms with Crippen LogP contribution < -0.4 is 9.80 Å². The van der Waals surface area contributed by atoms with Crippen molar-refractivity contribution in [3.05, 3.63) is 205 Å². The van der Waals surface area contributed by atoms with Crippen LogP contribution in [0.1, 0.15) is 37.8 Å². The summed E-state index contributed by atoms with van der Waals surface area (Å²) in [5.74, 6) is 0. The van der Waals surface area contributed by atoms with Gasteiger partial charge in [0.15, 0.2) is 0 Å². The van der Waals surface area contributed by atoms with Crippen LogP contribution >= 0.6 is 0 Å². The Hall–Kier alpha value is -7.82. The summed E-state index contributed by atoms with van der Waals surface area (Å²) in [6, 6.07) is 71.9. The molecule has 4 heteroatoms. The summed E-state index contributed by atoms with van der Waals surface area (Å²) < 4.78 is 5.26. The van der Waals surface area contributed by atoms with Crippen LogP contribution in [0.15, 0.2) is 194 Å². The van der Waals surface area contributed by atoms with E-state index in [0.717, 1.165) is 48.4 Å². The highest BCUT2D eigenvalue weighted by molar-refractivity contribution is 6.32. The molecule has 13 aromatic rings. The van der Waals surface area contributed by atoms with Gasteiger partial charge < -0.3 is 18.6 Å². The third kappa shape index (κ3) is 5.17. The third-order valence-corrected chi connectivity index (χ3v) is 13.7. The molecule has 9 aromatic carbocycles. The minimum absolute atomic E-state index is 1.01. The van der Waals surface area contributed by atoms with Gasteiger partial charge in [-0.05, 0) is 96.8 Å². The van der Waals surface area contributed by atoms with E-state index in [9.17, 15) is 0 Å². The molecule has 4 nitrogen and oxygen atoms in total. The SMILES string of the molecule is CCCc1cccc2c3c(N(c4ccccc4)c4ccccc4)ccc4c5cc6c(cc5n(c12)c43)c1ccc(N(c2ccccc2)c2ccccc2)c2c3cccc(CCC)c3n6c12. The van der Waals surface area contributed by atoms with Gasteiger partial charge in [0.25, 0.3) is 0 Å². The van der Waals surface area contributed by atoms with E-state index in [1.165, 1.54) is 98.7 Å². The normalized spacial score (nSPS) is 12.2. The van der Waals surface area contributed by atoms with Gasteiger partial charge in [-0.25, -0.2) is 0 Å². The standard InChI is InChI=1S/C60H46N4/c1-3-19-39-21-17-31-47-55-51(61(41-23-9-5-10-24-41)42-25-11-6-12-26-42)35-33-45-49-38-54-50(37-53(49)63(57(39)47)59(45)55)46-34-36-52(62(43-27-13-7-14-28-43)44-29-15-8-16-30-44)56-48-32-18-22-40(20-4-2)58(48)64(54)60(46)56/h5-18,21-38H,3-4,19-20H2,1-2H3.